The van der Waals surface area contributed by atoms with Crippen LogP contribution >= 0.6 is 0 Å². The number of hydroxylamine groups is 1. The molecule has 2 saturated heterocycles. The molecule has 5 rings (SSSR count). The second-order valence-corrected chi connectivity index (χ2v) is 8.07. The zero-order chi connectivity index (χ0) is 23.1. The summed E-state index contributed by atoms with van der Waals surface area (Å²) in [6.07, 6.45) is -0.942. The Bertz CT molecular complexity index is 1220. The highest BCUT2D eigenvalue weighted by atomic mass is 16.7. The van der Waals surface area contributed by atoms with E-state index in [9.17, 15) is 14.4 Å². The zero-order valence-corrected chi connectivity index (χ0v) is 18.2. The Labute approximate surface area is 191 Å². The maximum atomic E-state index is 13.6. The number of amides is 2. The van der Waals surface area contributed by atoms with E-state index in [1.54, 1.807) is 53.6 Å². The van der Waals surface area contributed by atoms with E-state index < -0.39 is 24.0 Å². The van der Waals surface area contributed by atoms with E-state index in [1.165, 1.54) is 12.0 Å². The van der Waals surface area contributed by atoms with E-state index >= 15 is 0 Å². The highest BCUT2D eigenvalue weighted by Gasteiger charge is 2.60. The minimum Gasteiger partial charge on any atom is -0.465 e. The molecule has 2 heterocycles. The third-order valence-corrected chi connectivity index (χ3v) is 6.16. The number of rotatable bonds is 4. The van der Waals surface area contributed by atoms with Gasteiger partial charge in [0.05, 0.1) is 30.1 Å². The second kappa shape index (κ2) is 8.18. The first-order valence-electron chi connectivity index (χ1n) is 10.6. The van der Waals surface area contributed by atoms with Crippen molar-refractivity contribution in [1.82, 2.24) is 0 Å². The van der Waals surface area contributed by atoms with Crippen molar-refractivity contribution in [3.63, 3.8) is 0 Å². The molecule has 0 aliphatic carbocycles. The number of methoxy groups -OCH3 is 1. The summed E-state index contributed by atoms with van der Waals surface area (Å²) >= 11 is 0. The molecule has 0 N–H and O–H groups in total. The van der Waals surface area contributed by atoms with Crippen LogP contribution in [-0.4, -0.2) is 31.0 Å². The highest BCUT2D eigenvalue weighted by molar-refractivity contribution is 6.23. The molecule has 2 aliphatic heterocycles. The van der Waals surface area contributed by atoms with Crippen LogP contribution in [0.25, 0.3) is 0 Å². The number of ether oxygens (including phenoxy) is 1. The van der Waals surface area contributed by atoms with Gasteiger partial charge < -0.3 is 4.74 Å². The average molecular weight is 442 g/mol. The molecule has 0 bridgehead atoms. The van der Waals surface area contributed by atoms with Gasteiger partial charge in [-0.1, -0.05) is 48.5 Å². The van der Waals surface area contributed by atoms with Gasteiger partial charge in [0.25, 0.3) is 5.91 Å². The van der Waals surface area contributed by atoms with Gasteiger partial charge in [-0.15, -0.1) is 0 Å². The van der Waals surface area contributed by atoms with Gasteiger partial charge in [-0.25, -0.2) is 14.8 Å². The van der Waals surface area contributed by atoms with Crippen molar-refractivity contribution in [2.45, 2.75) is 19.1 Å². The summed E-state index contributed by atoms with van der Waals surface area (Å²) in [7, 11) is 1.33. The molecule has 0 unspecified atom stereocenters. The molecule has 3 atom stereocenters. The minimum atomic E-state index is -0.942. The fraction of sp³-hybridized carbons (Fsp3) is 0.192. The fourth-order valence-electron chi connectivity index (χ4n) is 4.54. The van der Waals surface area contributed by atoms with Crippen LogP contribution in [0.15, 0.2) is 78.9 Å². The number of fused-ring (bicyclic) bond motifs is 1. The van der Waals surface area contributed by atoms with Gasteiger partial charge in [-0.05, 0) is 48.4 Å². The standard InChI is InChI=1S/C26H22N2O5/c1-16-8-6-7-11-20(16)28-22(17-12-14-18(15-13-17)26(31)32-2)21-23(33-28)25(30)27(24(21)29)19-9-4-3-5-10-19/h3-15,21-23H,1-2H3/t21-,22-,23+/m0/s1. The molecule has 7 heteroatoms. The van der Waals surface area contributed by atoms with Crippen molar-refractivity contribution in [3.05, 3.63) is 95.6 Å². The van der Waals surface area contributed by atoms with E-state index in [0.29, 0.717) is 11.3 Å². The number of carbonyl (C=O) groups is 3. The number of carbonyl (C=O) groups excluding carboxylic acids is 3. The SMILES string of the molecule is COC(=O)c1ccc([C@H]2[C@@H]3C(=O)N(c4ccccc4)C(=O)[C@@H]3ON2c2ccccc2C)cc1. The molecule has 166 valence electrons. The van der Waals surface area contributed by atoms with Crippen LogP contribution in [0.3, 0.4) is 0 Å². The monoisotopic (exact) mass is 442 g/mol. The normalized spacial score (nSPS) is 21.9. The largest absolute Gasteiger partial charge is 0.465 e. The third kappa shape index (κ3) is 3.37. The predicted octanol–water partition coefficient (Wildman–Crippen LogP) is 3.83. The van der Waals surface area contributed by atoms with Gasteiger partial charge in [0.1, 0.15) is 5.92 Å². The number of anilines is 2. The van der Waals surface area contributed by atoms with E-state index in [1.807, 2.05) is 37.3 Å². The summed E-state index contributed by atoms with van der Waals surface area (Å²) in [4.78, 5) is 46.2. The van der Waals surface area contributed by atoms with E-state index in [2.05, 4.69) is 0 Å². The molecule has 2 amide bonds. The molecule has 33 heavy (non-hydrogen) atoms. The number of nitrogens with zero attached hydrogens (tertiary/aromatic N) is 2. The van der Waals surface area contributed by atoms with Crippen LogP contribution < -0.4 is 9.96 Å². The van der Waals surface area contributed by atoms with Crippen molar-refractivity contribution in [1.29, 1.82) is 0 Å². The molecule has 2 aliphatic rings. The molecule has 0 radical (unpaired) electrons. The van der Waals surface area contributed by atoms with Gasteiger partial charge in [0.2, 0.25) is 5.91 Å². The number of hydrogen-bond donors (Lipinski definition) is 0. The molecule has 3 aromatic rings. The van der Waals surface area contributed by atoms with Crippen LogP contribution in [0, 0.1) is 12.8 Å². The summed E-state index contributed by atoms with van der Waals surface area (Å²) in [5, 5.41) is 1.66. The first-order chi connectivity index (χ1) is 16.0. The average Bonchev–Trinajstić information content (AvgIpc) is 3.35. The Morgan fingerprint density at radius 2 is 1.55 bits per heavy atom. The Morgan fingerprint density at radius 1 is 0.879 bits per heavy atom. The van der Waals surface area contributed by atoms with E-state index in [4.69, 9.17) is 9.57 Å². The summed E-state index contributed by atoms with van der Waals surface area (Å²) in [6, 6.07) is 22.8. The van der Waals surface area contributed by atoms with Gasteiger partial charge in [0.15, 0.2) is 6.10 Å². The number of benzene rings is 3. The Morgan fingerprint density at radius 3 is 2.21 bits per heavy atom. The Kier molecular flexibility index (Phi) is 5.18. The molecule has 0 spiro atoms. The first kappa shape index (κ1) is 20.9. The molecule has 0 saturated carbocycles. The lowest BCUT2D eigenvalue weighted by atomic mass is 9.90. The maximum absolute atomic E-state index is 13.6. The van der Waals surface area contributed by atoms with Crippen molar-refractivity contribution in [2.75, 3.05) is 17.1 Å². The van der Waals surface area contributed by atoms with Crippen molar-refractivity contribution in [3.8, 4) is 0 Å². The summed E-state index contributed by atoms with van der Waals surface area (Å²) in [6.45, 7) is 1.95. The third-order valence-electron chi connectivity index (χ3n) is 6.16. The van der Waals surface area contributed by atoms with Crippen molar-refractivity contribution >= 4 is 29.2 Å². The second-order valence-electron chi connectivity index (χ2n) is 8.07. The molecule has 0 aromatic heterocycles. The summed E-state index contributed by atoms with van der Waals surface area (Å²) < 4.78 is 4.79. The lowest BCUT2D eigenvalue weighted by Crippen LogP contribution is -2.37. The lowest BCUT2D eigenvalue weighted by molar-refractivity contribution is -0.126. The Hall–Kier alpha value is -3.97. The zero-order valence-electron chi connectivity index (χ0n) is 18.2. The highest BCUT2D eigenvalue weighted by Crippen LogP contribution is 2.48. The molecular formula is C26H22N2O5. The van der Waals surface area contributed by atoms with Crippen molar-refractivity contribution in [2.24, 2.45) is 5.92 Å². The van der Waals surface area contributed by atoms with Gasteiger partial charge in [0, 0.05) is 0 Å². The number of aryl methyl sites for hydroxylation is 1. The van der Waals surface area contributed by atoms with Gasteiger partial charge >= 0.3 is 5.97 Å². The van der Waals surface area contributed by atoms with Crippen LogP contribution in [0.4, 0.5) is 11.4 Å². The first-order valence-corrected chi connectivity index (χ1v) is 10.6. The summed E-state index contributed by atoms with van der Waals surface area (Å²) in [5.41, 5.74) is 3.41. The number of esters is 1. The molecule has 2 fully saturated rings. The van der Waals surface area contributed by atoms with Gasteiger partial charge in [-0.3, -0.25) is 14.4 Å². The minimum absolute atomic E-state index is 0.311. The molecular weight excluding hydrogens is 420 g/mol. The predicted molar refractivity (Wildman–Crippen MR) is 121 cm³/mol. The topological polar surface area (TPSA) is 76.2 Å². The van der Waals surface area contributed by atoms with Crippen LogP contribution in [-0.2, 0) is 19.2 Å². The maximum Gasteiger partial charge on any atom is 0.337 e. The fourth-order valence-corrected chi connectivity index (χ4v) is 4.54. The van der Waals surface area contributed by atoms with Crippen LogP contribution in [0.5, 0.6) is 0 Å². The van der Waals surface area contributed by atoms with Gasteiger partial charge in [-0.2, -0.15) is 0 Å². The number of imide groups is 1. The van der Waals surface area contributed by atoms with Crippen LogP contribution in [0.2, 0.25) is 0 Å². The summed E-state index contributed by atoms with van der Waals surface area (Å²) in [5.74, 6) is -1.88. The Balaban J connectivity index is 1.59. The van der Waals surface area contributed by atoms with E-state index in [0.717, 1.165) is 16.8 Å². The number of hydrogen-bond acceptors (Lipinski definition) is 6. The lowest BCUT2D eigenvalue weighted by Gasteiger charge is -2.29. The molecule has 7 nitrogen and oxygen atoms in total. The smallest absolute Gasteiger partial charge is 0.337 e. The number of para-hydroxylation sites is 2. The quantitative estimate of drug-likeness (QED) is 0.452. The molecule has 3 aromatic carbocycles. The van der Waals surface area contributed by atoms with E-state index in [-0.39, 0.29) is 11.8 Å². The van der Waals surface area contributed by atoms with Crippen LogP contribution in [0.1, 0.15) is 27.5 Å². The van der Waals surface area contributed by atoms with Crippen molar-refractivity contribution < 1.29 is 24.0 Å².